The van der Waals surface area contributed by atoms with E-state index in [2.05, 4.69) is 4.98 Å². The Hall–Kier alpha value is -1.16. The zero-order valence-corrected chi connectivity index (χ0v) is 10.4. The highest BCUT2D eigenvalue weighted by atomic mass is 32.1. The average molecular weight is 294 g/mol. The molecule has 106 valence electrons. The number of aliphatic hydroxyl groups is 2. The Bertz CT molecular complexity index is 577. The van der Waals surface area contributed by atoms with Crippen molar-refractivity contribution in [3.63, 3.8) is 0 Å². The lowest BCUT2D eigenvalue weighted by Gasteiger charge is -2.26. The van der Waals surface area contributed by atoms with Crippen molar-refractivity contribution in [2.45, 2.75) is 24.1 Å². The smallest absolute Gasteiger partial charge is 0.251 e. The quantitative estimate of drug-likeness (QED) is 0.674. The van der Waals surface area contributed by atoms with Gasteiger partial charge in [-0.05, 0) is 12.2 Å². The highest BCUT2D eigenvalue weighted by molar-refractivity contribution is 7.71. The molecular formula is C10H12F2N2O4S. The van der Waals surface area contributed by atoms with Crippen molar-refractivity contribution in [1.29, 1.82) is 0 Å². The summed E-state index contributed by atoms with van der Waals surface area (Å²) in [6.45, 7) is -2.18. The second kappa shape index (κ2) is 5.08. The summed E-state index contributed by atoms with van der Waals surface area (Å²) in [7, 11) is 0. The zero-order valence-electron chi connectivity index (χ0n) is 9.62. The summed E-state index contributed by atoms with van der Waals surface area (Å²) in [5.74, 6) is 0. The van der Waals surface area contributed by atoms with Crippen LogP contribution in [0, 0.1) is 4.77 Å². The number of H-pyrrole nitrogens is 1. The van der Waals surface area contributed by atoms with E-state index in [1.54, 1.807) is 0 Å². The van der Waals surface area contributed by atoms with Gasteiger partial charge in [0.05, 0.1) is 6.61 Å². The number of nitrogens with one attached hydrogen (secondary N) is 1. The van der Waals surface area contributed by atoms with Gasteiger partial charge < -0.3 is 14.9 Å². The van der Waals surface area contributed by atoms with Gasteiger partial charge in [-0.2, -0.15) is 0 Å². The van der Waals surface area contributed by atoms with E-state index in [4.69, 9.17) is 22.1 Å². The summed E-state index contributed by atoms with van der Waals surface area (Å²) >= 11 is 4.83. The van der Waals surface area contributed by atoms with Crippen molar-refractivity contribution < 1.29 is 23.7 Å². The predicted molar refractivity (Wildman–Crippen MR) is 62.7 cm³/mol. The lowest BCUT2D eigenvalue weighted by Crippen LogP contribution is -2.45. The van der Waals surface area contributed by atoms with Gasteiger partial charge in [-0.15, -0.1) is 0 Å². The summed E-state index contributed by atoms with van der Waals surface area (Å²) in [4.78, 5) is 13.3. The first-order chi connectivity index (χ1) is 8.93. The molecule has 1 aromatic heterocycles. The van der Waals surface area contributed by atoms with E-state index in [0.29, 0.717) is 0 Å². The zero-order chi connectivity index (χ0) is 14.2. The number of halogens is 2. The molecule has 1 fully saturated rings. The van der Waals surface area contributed by atoms with Crippen LogP contribution in [0.5, 0.6) is 0 Å². The average Bonchev–Trinajstić information content (AvgIpc) is 2.63. The molecular weight excluding hydrogens is 282 g/mol. The molecule has 1 saturated heterocycles. The number of aromatic amines is 1. The molecule has 0 radical (unpaired) electrons. The maximum absolute atomic E-state index is 14.5. The molecule has 1 unspecified atom stereocenters. The molecule has 1 aromatic rings. The van der Waals surface area contributed by atoms with Gasteiger partial charge in [0.2, 0.25) is 5.67 Å². The Balaban J connectivity index is 2.48. The van der Waals surface area contributed by atoms with E-state index < -0.39 is 42.9 Å². The molecule has 1 aliphatic rings. The standard InChI is InChI=1S/C10H12F2N2O4S/c11-4-10(12)7(17)5(3-15)18-8(10)14-2-1-6(16)13-9(14)19/h1-2,5,7-8,15,17H,3-4H2,(H,13,16,19)/t5-,7+,8-,10?/m1/s1. The summed E-state index contributed by atoms with van der Waals surface area (Å²) in [6, 6.07) is 1.07. The number of ether oxygens (including phenoxy) is 1. The molecule has 0 spiro atoms. The second-order valence-electron chi connectivity index (χ2n) is 4.23. The minimum absolute atomic E-state index is 0.168. The normalized spacial score (nSPS) is 34.6. The van der Waals surface area contributed by atoms with Gasteiger partial charge in [0.15, 0.2) is 11.0 Å². The molecule has 0 aromatic carbocycles. The van der Waals surface area contributed by atoms with Crippen LogP contribution in [0.25, 0.3) is 0 Å². The number of aromatic nitrogens is 2. The number of nitrogens with zero attached hydrogens (tertiary/aromatic N) is 1. The number of hydrogen-bond acceptors (Lipinski definition) is 5. The molecule has 2 rings (SSSR count). The van der Waals surface area contributed by atoms with Crippen LogP contribution >= 0.6 is 12.2 Å². The van der Waals surface area contributed by atoms with Crippen molar-refractivity contribution in [3.8, 4) is 0 Å². The van der Waals surface area contributed by atoms with E-state index >= 15 is 0 Å². The van der Waals surface area contributed by atoms with Crippen LogP contribution in [0.3, 0.4) is 0 Å². The molecule has 0 aliphatic carbocycles. The van der Waals surface area contributed by atoms with Crippen LogP contribution in [0.4, 0.5) is 8.78 Å². The van der Waals surface area contributed by atoms with Gasteiger partial charge in [-0.3, -0.25) is 14.3 Å². The van der Waals surface area contributed by atoms with E-state index in [9.17, 15) is 18.7 Å². The van der Waals surface area contributed by atoms with Gasteiger partial charge in [-0.1, -0.05) is 0 Å². The van der Waals surface area contributed by atoms with Crippen molar-refractivity contribution in [2.75, 3.05) is 13.3 Å². The fourth-order valence-electron chi connectivity index (χ4n) is 2.00. The van der Waals surface area contributed by atoms with Crippen LogP contribution < -0.4 is 5.56 Å². The molecule has 1 aliphatic heterocycles. The molecule has 4 atom stereocenters. The van der Waals surface area contributed by atoms with Crippen LogP contribution in [0.2, 0.25) is 0 Å². The lowest BCUT2D eigenvalue weighted by molar-refractivity contribution is -0.0724. The number of aliphatic hydroxyl groups excluding tert-OH is 2. The molecule has 19 heavy (non-hydrogen) atoms. The number of rotatable bonds is 3. The predicted octanol–water partition coefficient (Wildman–Crippen LogP) is -0.166. The Kier molecular flexibility index (Phi) is 3.81. The maximum atomic E-state index is 14.5. The van der Waals surface area contributed by atoms with Crippen molar-refractivity contribution in [1.82, 2.24) is 9.55 Å². The molecule has 3 N–H and O–H groups in total. The van der Waals surface area contributed by atoms with Gasteiger partial charge in [0, 0.05) is 12.3 Å². The Morgan fingerprint density at radius 3 is 2.84 bits per heavy atom. The first kappa shape index (κ1) is 14.3. The van der Waals surface area contributed by atoms with E-state index in [1.165, 1.54) is 0 Å². The van der Waals surface area contributed by atoms with Gasteiger partial charge in [0.1, 0.15) is 18.9 Å². The number of alkyl halides is 2. The van der Waals surface area contributed by atoms with Crippen molar-refractivity contribution in [2.24, 2.45) is 0 Å². The Morgan fingerprint density at radius 1 is 1.63 bits per heavy atom. The first-order valence-corrected chi connectivity index (χ1v) is 5.85. The maximum Gasteiger partial charge on any atom is 0.251 e. The van der Waals surface area contributed by atoms with Gasteiger partial charge in [0.25, 0.3) is 5.56 Å². The summed E-state index contributed by atoms with van der Waals surface area (Å²) < 4.78 is 33.4. The first-order valence-electron chi connectivity index (χ1n) is 5.44. The Labute approximate surface area is 111 Å². The highest BCUT2D eigenvalue weighted by Gasteiger charge is 2.58. The molecule has 2 heterocycles. The third-order valence-corrected chi connectivity index (χ3v) is 3.36. The molecule has 0 bridgehead atoms. The summed E-state index contributed by atoms with van der Waals surface area (Å²) in [5, 5.41) is 18.6. The van der Waals surface area contributed by atoms with E-state index in [0.717, 1.165) is 16.8 Å². The van der Waals surface area contributed by atoms with Crippen LogP contribution in [0.15, 0.2) is 17.1 Å². The highest BCUT2D eigenvalue weighted by Crippen LogP contribution is 2.41. The van der Waals surface area contributed by atoms with Gasteiger partial charge in [-0.25, -0.2) is 8.78 Å². The van der Waals surface area contributed by atoms with Crippen LogP contribution in [-0.4, -0.2) is 50.9 Å². The van der Waals surface area contributed by atoms with E-state index in [-0.39, 0.29) is 4.77 Å². The third-order valence-electron chi connectivity index (χ3n) is 3.05. The fourth-order valence-corrected chi connectivity index (χ4v) is 2.26. The topological polar surface area (TPSA) is 87.5 Å². The second-order valence-corrected chi connectivity index (χ2v) is 4.62. The van der Waals surface area contributed by atoms with E-state index in [1.807, 2.05) is 0 Å². The lowest BCUT2D eigenvalue weighted by atomic mass is 9.97. The SMILES string of the molecule is O=c1ccn([C@@H]2O[C@H](CO)[C@H](O)C2(F)CF)c(=S)[nH]1. The van der Waals surface area contributed by atoms with Crippen molar-refractivity contribution in [3.05, 3.63) is 27.4 Å². The number of hydrogen-bond donors (Lipinski definition) is 3. The minimum Gasteiger partial charge on any atom is -0.394 e. The molecule has 0 saturated carbocycles. The van der Waals surface area contributed by atoms with Crippen LogP contribution in [-0.2, 0) is 4.74 Å². The summed E-state index contributed by atoms with van der Waals surface area (Å²) in [5.41, 5.74) is -3.24. The van der Waals surface area contributed by atoms with Crippen LogP contribution in [0.1, 0.15) is 6.23 Å². The molecule has 6 nitrogen and oxygen atoms in total. The molecule has 0 amide bonds. The summed E-state index contributed by atoms with van der Waals surface area (Å²) in [6.07, 6.45) is -3.52. The fraction of sp³-hybridized carbons (Fsp3) is 0.600. The molecule has 9 heteroatoms. The van der Waals surface area contributed by atoms with Gasteiger partial charge >= 0.3 is 0 Å². The third kappa shape index (κ3) is 2.22. The monoisotopic (exact) mass is 294 g/mol. The largest absolute Gasteiger partial charge is 0.394 e. The Morgan fingerprint density at radius 2 is 2.32 bits per heavy atom. The minimum atomic E-state index is -2.75. The van der Waals surface area contributed by atoms with Crippen molar-refractivity contribution >= 4 is 12.2 Å².